The number of phenolic OH excluding ortho intramolecular Hbond substituents is 1. The summed E-state index contributed by atoms with van der Waals surface area (Å²) in [6.07, 6.45) is 25.3. The summed E-state index contributed by atoms with van der Waals surface area (Å²) in [6.45, 7) is 13.6. The average Bonchev–Trinajstić information content (AvgIpc) is 3.24. The highest BCUT2D eigenvalue weighted by Gasteiger charge is 2.19. The van der Waals surface area contributed by atoms with E-state index in [1.165, 1.54) is 116 Å². The Labute approximate surface area is 369 Å². The number of rotatable bonds is 32. The maximum absolute atomic E-state index is 11.3. The van der Waals surface area contributed by atoms with Crippen molar-refractivity contribution in [1.29, 1.82) is 0 Å². The monoisotopic (exact) mass is 838 g/mol. The van der Waals surface area contributed by atoms with Crippen LogP contribution in [0.25, 0.3) is 34.2 Å². The molecule has 2 unspecified atom stereocenters. The van der Waals surface area contributed by atoms with Gasteiger partial charge in [0, 0.05) is 23.8 Å². The minimum absolute atomic E-state index is 0.0155. The van der Waals surface area contributed by atoms with Crippen molar-refractivity contribution in [3.63, 3.8) is 0 Å². The lowest BCUT2D eigenvalue weighted by molar-refractivity contribution is -0.164. The molecule has 1 aromatic heterocycles. The first kappa shape index (κ1) is 49.8. The van der Waals surface area contributed by atoms with Crippen LogP contribution in [-0.2, 0) is 9.47 Å². The zero-order valence-corrected chi connectivity index (χ0v) is 38.8. The molecule has 336 valence electrons. The minimum atomic E-state index is -0.859. The highest BCUT2D eigenvalue weighted by Crippen LogP contribution is 2.34. The Morgan fingerprint density at radius 1 is 0.492 bits per heavy atom. The highest BCUT2D eigenvalue weighted by molar-refractivity contribution is 5.72. The van der Waals surface area contributed by atoms with Crippen molar-refractivity contribution < 1.29 is 24.4 Å². The first-order chi connectivity index (χ1) is 29.7. The molecule has 0 aliphatic rings. The van der Waals surface area contributed by atoms with Crippen LogP contribution < -0.4 is 4.74 Å². The summed E-state index contributed by atoms with van der Waals surface area (Å²) in [5.74, 6) is 1.85. The van der Waals surface area contributed by atoms with Gasteiger partial charge in [-0.15, -0.1) is 0 Å². The molecule has 0 aliphatic heterocycles. The minimum Gasteiger partial charge on any atom is -0.507 e. The summed E-state index contributed by atoms with van der Waals surface area (Å²) in [6, 6.07) is 17.5. The molecule has 3 aromatic carbocycles. The van der Waals surface area contributed by atoms with Gasteiger partial charge in [-0.3, -0.25) is 0 Å². The number of ether oxygens (including phenoxy) is 3. The lowest BCUT2D eigenvalue weighted by atomic mass is 10.0. The Hall–Kier alpha value is -3.85. The van der Waals surface area contributed by atoms with E-state index < -0.39 is 6.10 Å². The fourth-order valence-corrected chi connectivity index (χ4v) is 7.93. The van der Waals surface area contributed by atoms with Crippen LogP contribution in [0.4, 0.5) is 0 Å². The quantitative estimate of drug-likeness (QED) is 0.0370. The Kier molecular flexibility index (Phi) is 23.4. The molecule has 0 saturated carbocycles. The summed E-state index contributed by atoms with van der Waals surface area (Å²) >= 11 is 0. The number of phenols is 1. The number of aliphatic hydroxyl groups excluding tert-OH is 1. The smallest absolute Gasteiger partial charge is 0.167 e. The molecule has 1 heterocycles. The molecule has 0 bridgehead atoms. The third-order valence-corrected chi connectivity index (χ3v) is 11.6. The van der Waals surface area contributed by atoms with Crippen LogP contribution in [0.3, 0.4) is 0 Å². The molecule has 8 heteroatoms. The third-order valence-electron chi connectivity index (χ3n) is 11.6. The third kappa shape index (κ3) is 18.6. The molecule has 2 N–H and O–H groups in total. The van der Waals surface area contributed by atoms with Crippen molar-refractivity contribution in [2.24, 2.45) is 0 Å². The van der Waals surface area contributed by atoms with Gasteiger partial charge in [-0.2, -0.15) is 0 Å². The average molecular weight is 838 g/mol. The fourth-order valence-electron chi connectivity index (χ4n) is 7.93. The lowest BCUT2D eigenvalue weighted by Crippen LogP contribution is -2.28. The number of hydrogen-bond donors (Lipinski definition) is 2. The fraction of sp³-hybridized carbons (Fsp3) is 0.604. The lowest BCUT2D eigenvalue weighted by Gasteiger charge is -2.21. The van der Waals surface area contributed by atoms with Crippen molar-refractivity contribution in [3.8, 4) is 45.7 Å². The molecule has 4 rings (SSSR count). The van der Waals surface area contributed by atoms with Crippen molar-refractivity contribution in [1.82, 2.24) is 15.0 Å². The van der Waals surface area contributed by atoms with Crippen molar-refractivity contribution in [3.05, 3.63) is 76.9 Å². The van der Waals surface area contributed by atoms with E-state index in [2.05, 4.69) is 65.8 Å². The van der Waals surface area contributed by atoms with Crippen LogP contribution in [0, 0.1) is 27.7 Å². The van der Waals surface area contributed by atoms with Crippen molar-refractivity contribution in [2.75, 3.05) is 19.8 Å². The van der Waals surface area contributed by atoms with Gasteiger partial charge in [0.25, 0.3) is 0 Å². The van der Waals surface area contributed by atoms with Crippen LogP contribution in [0.1, 0.15) is 171 Å². The van der Waals surface area contributed by atoms with E-state index in [1.807, 2.05) is 12.1 Å². The molecule has 0 radical (unpaired) electrons. The van der Waals surface area contributed by atoms with Gasteiger partial charge < -0.3 is 24.4 Å². The van der Waals surface area contributed by atoms with Gasteiger partial charge >= 0.3 is 0 Å². The number of benzene rings is 3. The van der Waals surface area contributed by atoms with Gasteiger partial charge in [-0.1, -0.05) is 177 Å². The number of aromatic nitrogens is 3. The summed E-state index contributed by atoms with van der Waals surface area (Å²) in [7, 11) is 0. The largest absolute Gasteiger partial charge is 0.507 e. The molecule has 0 aliphatic carbocycles. The van der Waals surface area contributed by atoms with Gasteiger partial charge in [0.05, 0.1) is 12.2 Å². The van der Waals surface area contributed by atoms with E-state index in [4.69, 9.17) is 29.2 Å². The Balaban J connectivity index is 1.32. The highest BCUT2D eigenvalue weighted by atomic mass is 16.7. The Morgan fingerprint density at radius 3 is 1.41 bits per heavy atom. The molecular formula is C53H79N3O5. The van der Waals surface area contributed by atoms with Crippen molar-refractivity contribution >= 4 is 0 Å². The molecule has 8 nitrogen and oxygen atoms in total. The van der Waals surface area contributed by atoms with E-state index in [1.54, 1.807) is 18.2 Å². The van der Waals surface area contributed by atoms with Gasteiger partial charge in [0.15, 0.2) is 23.8 Å². The normalized spacial score (nSPS) is 12.5. The SMILES string of the molecule is CCCCCCCCCCCCOC(CCCCCCCCCCCC)OCC(O)COc1ccc(-c2nc(-c3ccc(C)cc3C)nc(-c3ccc(C)cc3C)n2)c(O)c1. The van der Waals surface area contributed by atoms with Crippen molar-refractivity contribution in [2.45, 2.75) is 189 Å². The molecule has 0 fully saturated rings. The van der Waals surface area contributed by atoms with Gasteiger partial charge in [0.1, 0.15) is 24.2 Å². The van der Waals surface area contributed by atoms with E-state index in [0.717, 1.165) is 52.6 Å². The molecule has 61 heavy (non-hydrogen) atoms. The number of aryl methyl sites for hydroxylation is 4. The Bertz CT molecular complexity index is 1760. The van der Waals surface area contributed by atoms with Crippen LogP contribution in [0.5, 0.6) is 11.5 Å². The molecular weight excluding hydrogens is 759 g/mol. The first-order valence-electron chi connectivity index (χ1n) is 24.0. The van der Waals surface area contributed by atoms with Gasteiger partial charge in [-0.25, -0.2) is 15.0 Å². The van der Waals surface area contributed by atoms with Crippen LogP contribution in [0.2, 0.25) is 0 Å². The second kappa shape index (κ2) is 28.7. The second-order valence-corrected chi connectivity index (χ2v) is 17.4. The number of aromatic hydroxyl groups is 1. The Morgan fingerprint density at radius 2 is 0.934 bits per heavy atom. The maximum atomic E-state index is 11.3. The van der Waals surface area contributed by atoms with E-state index in [9.17, 15) is 10.2 Å². The van der Waals surface area contributed by atoms with Gasteiger partial charge in [-0.05, 0) is 70.2 Å². The molecule has 4 aromatic rings. The number of hydrogen-bond acceptors (Lipinski definition) is 8. The molecule has 0 spiro atoms. The molecule has 2 atom stereocenters. The van der Waals surface area contributed by atoms with Gasteiger partial charge in [0.2, 0.25) is 0 Å². The zero-order chi connectivity index (χ0) is 43.7. The summed E-state index contributed by atoms with van der Waals surface area (Å²) < 4.78 is 18.4. The molecule has 0 saturated heterocycles. The summed E-state index contributed by atoms with van der Waals surface area (Å²) in [4.78, 5) is 14.6. The summed E-state index contributed by atoms with van der Waals surface area (Å²) in [5.41, 5.74) is 6.72. The first-order valence-corrected chi connectivity index (χ1v) is 24.0. The second-order valence-electron chi connectivity index (χ2n) is 17.4. The predicted octanol–water partition coefficient (Wildman–Crippen LogP) is 14.1. The standard InChI is InChI=1S/C53H79N3O5/c1-7-9-11-13-15-17-19-21-23-25-27-50(59-34-26-24-22-20-18-16-14-12-10-8-2)61-39-44(57)38-60-45-30-33-48(49(58)37-45)53-55-51(46-31-28-40(3)35-42(46)5)54-52(56-53)47-32-29-41(4)36-43(47)6/h28-33,35-37,44,50,57-58H,7-27,34,38-39H2,1-6H3. The predicted molar refractivity (Wildman–Crippen MR) is 252 cm³/mol. The number of unbranched alkanes of at least 4 members (excludes halogenated alkanes) is 18. The number of nitrogens with zero attached hydrogens (tertiary/aromatic N) is 3. The van der Waals surface area contributed by atoms with Crippen LogP contribution in [0.15, 0.2) is 54.6 Å². The topological polar surface area (TPSA) is 107 Å². The summed E-state index contributed by atoms with van der Waals surface area (Å²) in [5, 5.41) is 22.2. The van der Waals surface area contributed by atoms with E-state index >= 15 is 0 Å². The van der Waals surface area contributed by atoms with E-state index in [-0.39, 0.29) is 25.3 Å². The van der Waals surface area contributed by atoms with Crippen LogP contribution in [-0.4, -0.2) is 57.4 Å². The van der Waals surface area contributed by atoms with Crippen LogP contribution >= 0.6 is 0 Å². The van der Waals surface area contributed by atoms with E-state index in [0.29, 0.717) is 35.4 Å². The maximum Gasteiger partial charge on any atom is 0.167 e. The molecule has 0 amide bonds. The number of aliphatic hydroxyl groups is 1. The zero-order valence-electron chi connectivity index (χ0n) is 38.8.